The smallest absolute Gasteiger partial charge is 0.238 e. The van der Waals surface area contributed by atoms with E-state index in [1.165, 1.54) is 0 Å². The molecule has 0 fully saturated rings. The summed E-state index contributed by atoms with van der Waals surface area (Å²) in [7, 11) is 1.97. The van der Waals surface area contributed by atoms with Gasteiger partial charge in [-0.05, 0) is 24.6 Å². The van der Waals surface area contributed by atoms with Gasteiger partial charge in [-0.3, -0.25) is 4.79 Å². The third-order valence-electron chi connectivity index (χ3n) is 4.14. The second-order valence-electron chi connectivity index (χ2n) is 5.70. The number of fused-ring (bicyclic) bond motifs is 1. The molecular weight excluding hydrogens is 312 g/mol. The Bertz CT molecular complexity index is 821. The van der Waals surface area contributed by atoms with Gasteiger partial charge >= 0.3 is 0 Å². The summed E-state index contributed by atoms with van der Waals surface area (Å²) in [5.41, 5.74) is 2.88. The average Bonchev–Trinajstić information content (AvgIpc) is 3.20. The summed E-state index contributed by atoms with van der Waals surface area (Å²) in [5.74, 6) is -0.128. The molecule has 1 atom stereocenters. The van der Waals surface area contributed by atoms with Crippen LogP contribution < -0.4 is 0 Å². The highest BCUT2D eigenvalue weighted by atomic mass is 35.5. The van der Waals surface area contributed by atoms with Crippen molar-refractivity contribution in [3.63, 3.8) is 0 Å². The Hall–Kier alpha value is -2.20. The second kappa shape index (κ2) is 6.50. The monoisotopic (exact) mass is 330 g/mol. The number of alkyl halides is 1. The highest BCUT2D eigenvalue weighted by molar-refractivity contribution is 6.27. The fourth-order valence-corrected chi connectivity index (χ4v) is 2.99. The van der Waals surface area contributed by atoms with Crippen molar-refractivity contribution in [1.82, 2.24) is 9.47 Å². The van der Waals surface area contributed by atoms with E-state index in [1.807, 2.05) is 61.3 Å². The van der Waals surface area contributed by atoms with Gasteiger partial charge in [0.2, 0.25) is 5.91 Å². The summed E-state index contributed by atoms with van der Waals surface area (Å²) in [6, 6.07) is 9.84. The number of hydrogen-bond acceptors (Lipinski definition) is 2. The van der Waals surface area contributed by atoms with E-state index in [0.29, 0.717) is 6.54 Å². The number of carbonyl (C=O) groups excluding carboxylic acids is 1. The number of benzene rings is 1. The third-order valence-corrected chi connectivity index (χ3v) is 4.37. The summed E-state index contributed by atoms with van der Waals surface area (Å²) >= 11 is 5.83. The van der Waals surface area contributed by atoms with Crippen LogP contribution in [0.15, 0.2) is 53.4 Å². The first-order valence-corrected chi connectivity index (χ1v) is 8.06. The molecule has 23 heavy (non-hydrogen) atoms. The van der Waals surface area contributed by atoms with Gasteiger partial charge in [0.1, 0.15) is 11.5 Å². The lowest BCUT2D eigenvalue weighted by Crippen LogP contribution is -2.34. The predicted octanol–water partition coefficient (Wildman–Crippen LogP) is 4.10. The maximum Gasteiger partial charge on any atom is 0.238 e. The van der Waals surface area contributed by atoms with Crippen molar-refractivity contribution in [2.24, 2.45) is 7.05 Å². The maximum absolute atomic E-state index is 12.4. The minimum Gasteiger partial charge on any atom is -0.464 e. The summed E-state index contributed by atoms with van der Waals surface area (Å²) in [6.07, 6.45) is 5.66. The average molecular weight is 331 g/mol. The number of hydrogen-bond donors (Lipinski definition) is 0. The minimum absolute atomic E-state index is 0.0364. The van der Waals surface area contributed by atoms with Crippen LogP contribution >= 0.6 is 11.6 Å². The summed E-state index contributed by atoms with van der Waals surface area (Å²) in [4.78, 5) is 14.2. The van der Waals surface area contributed by atoms with Crippen LogP contribution in [0.2, 0.25) is 0 Å². The molecule has 0 radical (unpaired) electrons. The van der Waals surface area contributed by atoms with Crippen LogP contribution in [-0.2, 0) is 18.4 Å². The van der Waals surface area contributed by atoms with E-state index < -0.39 is 0 Å². The van der Waals surface area contributed by atoms with E-state index in [2.05, 4.69) is 0 Å². The van der Waals surface area contributed by atoms with Crippen molar-refractivity contribution in [3.05, 3.63) is 60.1 Å². The van der Waals surface area contributed by atoms with Gasteiger partial charge in [-0.1, -0.05) is 18.2 Å². The molecule has 5 heteroatoms. The predicted molar refractivity (Wildman–Crippen MR) is 91.3 cm³/mol. The standard InChI is InChI=1S/C18H19ClN2O2/c1-13(15-6-8-20(2)11-15)21(17(22)10-19)12-16-5-3-4-14-7-9-23-18(14)16/h3-9,11,13H,10,12H2,1-2H3. The Morgan fingerprint density at radius 3 is 2.87 bits per heavy atom. The van der Waals surface area contributed by atoms with Gasteiger partial charge < -0.3 is 13.9 Å². The van der Waals surface area contributed by atoms with E-state index >= 15 is 0 Å². The largest absolute Gasteiger partial charge is 0.464 e. The minimum atomic E-state index is -0.0911. The van der Waals surface area contributed by atoms with Gasteiger partial charge in [0.05, 0.1) is 12.3 Å². The molecule has 2 aromatic heterocycles. The zero-order valence-corrected chi connectivity index (χ0v) is 14.0. The van der Waals surface area contributed by atoms with Gasteiger partial charge in [0.15, 0.2) is 0 Å². The van der Waals surface area contributed by atoms with Gasteiger partial charge in [-0.2, -0.15) is 0 Å². The van der Waals surface area contributed by atoms with Crippen molar-refractivity contribution < 1.29 is 9.21 Å². The number of rotatable bonds is 5. The number of nitrogens with zero attached hydrogens (tertiary/aromatic N) is 2. The number of furan rings is 1. The van der Waals surface area contributed by atoms with Crippen LogP contribution in [-0.4, -0.2) is 21.3 Å². The summed E-state index contributed by atoms with van der Waals surface area (Å²) in [6.45, 7) is 2.48. The Balaban J connectivity index is 1.93. The van der Waals surface area contributed by atoms with E-state index in [0.717, 1.165) is 22.1 Å². The van der Waals surface area contributed by atoms with Gasteiger partial charge in [0, 0.05) is 36.9 Å². The first-order valence-electron chi connectivity index (χ1n) is 7.52. The Morgan fingerprint density at radius 2 is 2.17 bits per heavy atom. The van der Waals surface area contributed by atoms with Crippen LogP contribution in [0.1, 0.15) is 24.1 Å². The molecule has 1 amide bonds. The molecule has 0 aliphatic carbocycles. The topological polar surface area (TPSA) is 38.4 Å². The fourth-order valence-electron chi connectivity index (χ4n) is 2.83. The number of carbonyl (C=O) groups is 1. The summed E-state index contributed by atoms with van der Waals surface area (Å²) in [5, 5.41) is 1.04. The zero-order valence-electron chi connectivity index (χ0n) is 13.2. The third kappa shape index (κ3) is 3.13. The highest BCUT2D eigenvalue weighted by Gasteiger charge is 2.22. The van der Waals surface area contributed by atoms with Crippen LogP contribution in [0.5, 0.6) is 0 Å². The normalized spacial score (nSPS) is 12.5. The fraction of sp³-hybridized carbons (Fsp3) is 0.278. The van der Waals surface area contributed by atoms with Crippen LogP contribution in [0.3, 0.4) is 0 Å². The molecule has 1 aromatic carbocycles. The number of aryl methyl sites for hydroxylation is 1. The molecule has 0 spiro atoms. The molecule has 0 aliphatic heterocycles. The molecule has 3 aromatic rings. The molecule has 4 nitrogen and oxygen atoms in total. The Kier molecular flexibility index (Phi) is 4.44. The highest BCUT2D eigenvalue weighted by Crippen LogP contribution is 2.27. The van der Waals surface area contributed by atoms with E-state index in [-0.39, 0.29) is 17.8 Å². The van der Waals surface area contributed by atoms with Crippen molar-refractivity contribution >= 4 is 28.5 Å². The van der Waals surface area contributed by atoms with E-state index in [1.54, 1.807) is 11.2 Å². The van der Waals surface area contributed by atoms with Crippen LogP contribution in [0.25, 0.3) is 11.0 Å². The number of halogens is 1. The first kappa shape index (κ1) is 15.7. The van der Waals surface area contributed by atoms with Crippen molar-refractivity contribution in [2.45, 2.75) is 19.5 Å². The second-order valence-corrected chi connectivity index (χ2v) is 5.96. The van der Waals surface area contributed by atoms with E-state index in [4.69, 9.17) is 16.0 Å². The van der Waals surface area contributed by atoms with E-state index in [9.17, 15) is 4.79 Å². The first-order chi connectivity index (χ1) is 11.1. The van der Waals surface area contributed by atoms with Crippen LogP contribution in [0.4, 0.5) is 0 Å². The molecule has 1 unspecified atom stereocenters. The van der Waals surface area contributed by atoms with Crippen molar-refractivity contribution in [3.8, 4) is 0 Å². The van der Waals surface area contributed by atoms with Gasteiger partial charge in [0.25, 0.3) is 0 Å². The molecule has 0 bridgehead atoms. The number of amides is 1. The molecule has 2 heterocycles. The van der Waals surface area contributed by atoms with Crippen molar-refractivity contribution in [2.75, 3.05) is 5.88 Å². The van der Waals surface area contributed by atoms with Crippen LogP contribution in [0, 0.1) is 0 Å². The molecule has 3 rings (SSSR count). The Morgan fingerprint density at radius 1 is 1.35 bits per heavy atom. The van der Waals surface area contributed by atoms with Gasteiger partial charge in [-0.15, -0.1) is 11.6 Å². The molecule has 0 saturated heterocycles. The number of para-hydroxylation sites is 1. The summed E-state index contributed by atoms with van der Waals surface area (Å²) < 4.78 is 7.55. The zero-order chi connectivity index (χ0) is 16.4. The molecule has 120 valence electrons. The number of aromatic nitrogens is 1. The Labute approximate surface area is 140 Å². The SMILES string of the molecule is CC(c1ccn(C)c1)N(Cc1cccc2ccoc12)C(=O)CCl. The maximum atomic E-state index is 12.4. The molecule has 0 N–H and O–H groups in total. The molecular formula is C18H19ClN2O2. The molecule has 0 saturated carbocycles. The van der Waals surface area contributed by atoms with Crippen molar-refractivity contribution in [1.29, 1.82) is 0 Å². The van der Waals surface area contributed by atoms with Gasteiger partial charge in [-0.25, -0.2) is 0 Å². The lowest BCUT2D eigenvalue weighted by atomic mass is 10.1. The quantitative estimate of drug-likeness (QED) is 0.661. The molecule has 0 aliphatic rings. The lowest BCUT2D eigenvalue weighted by molar-refractivity contribution is -0.131. The lowest BCUT2D eigenvalue weighted by Gasteiger charge is -2.28.